The molecule has 0 spiro atoms. The number of fused-ring (bicyclic) bond motifs is 6. The van der Waals surface area contributed by atoms with Crippen LogP contribution in [0.4, 0.5) is 0 Å². The van der Waals surface area contributed by atoms with Gasteiger partial charge in [0.15, 0.2) is 83.4 Å². The zero-order valence-electron chi connectivity index (χ0n) is 70.3. The molecule has 680 valence electrons. The number of methoxy groups -OCH3 is 3. The largest absolute Gasteiger partial charge is 0.507 e. The summed E-state index contributed by atoms with van der Waals surface area (Å²) in [4.78, 5) is 89.6. The van der Waals surface area contributed by atoms with Crippen LogP contribution in [0.1, 0.15) is 217 Å². The van der Waals surface area contributed by atoms with Crippen LogP contribution in [-0.4, -0.2) is 325 Å². The molecule has 0 aromatic heterocycles. The Labute approximate surface area is 705 Å². The molecule has 9 fully saturated rings. The Morgan fingerprint density at radius 2 is 1.01 bits per heavy atom. The molecule has 15 rings (SSSR count). The van der Waals surface area contributed by atoms with Crippen molar-refractivity contribution in [3.8, 4) is 34.5 Å². The Morgan fingerprint density at radius 3 is 1.54 bits per heavy atom. The zero-order valence-corrected chi connectivity index (χ0v) is 70.3. The van der Waals surface area contributed by atoms with E-state index in [9.17, 15) is 91.3 Å². The van der Waals surface area contributed by atoms with Crippen LogP contribution in [0.25, 0.3) is 16.3 Å². The maximum absolute atomic E-state index is 16.4. The second kappa shape index (κ2) is 33.1. The molecule has 38 heteroatoms. The van der Waals surface area contributed by atoms with Crippen LogP contribution in [-0.2, 0) is 82.3 Å². The normalized spacial score (nSPS) is 43.5. The number of hydrogen-bond acceptors (Lipinski definition) is 38. The van der Waals surface area contributed by atoms with Gasteiger partial charge in [0.1, 0.15) is 76.4 Å². The molecular weight excluding hydrogens is 1630 g/mol. The lowest BCUT2D eigenvalue weighted by atomic mass is 9.53. The minimum absolute atomic E-state index is 0.0147. The Bertz CT molecular complexity index is 4670. The van der Waals surface area contributed by atoms with E-state index in [0.717, 1.165) is 28.3 Å². The molecule has 5 aliphatic carbocycles. The fourth-order valence-electron chi connectivity index (χ4n) is 21.8. The van der Waals surface area contributed by atoms with Gasteiger partial charge in [0.2, 0.25) is 23.1 Å². The van der Waals surface area contributed by atoms with Crippen molar-refractivity contribution in [3.05, 3.63) is 50.8 Å². The quantitative estimate of drug-likeness (QED) is 0.0632. The third kappa shape index (κ3) is 13.7. The lowest BCUT2D eigenvalue weighted by Gasteiger charge is -2.60. The smallest absolute Gasteiger partial charge is 0.232 e. The van der Waals surface area contributed by atoms with Crippen LogP contribution in [0.15, 0.2) is 11.8 Å². The summed E-state index contributed by atoms with van der Waals surface area (Å²) >= 11 is 0. The monoisotopic (exact) mass is 1740 g/mol. The van der Waals surface area contributed by atoms with Gasteiger partial charge in [-0.3, -0.25) is 28.8 Å². The summed E-state index contributed by atoms with van der Waals surface area (Å²) in [6, 6.07) is 1.24. The summed E-state index contributed by atoms with van der Waals surface area (Å²) in [5, 5.41) is 196. The zero-order chi connectivity index (χ0) is 89.4. The standard InChI is InChI=1S/C85H112O38/c1-14-21-81(104)78(121-45-18-16-42(29(3)111-45)117-47-20-23-80(103,33(7)86)35(9)115-47)68(99)71(119-48-26-40(88)60(91)31(5)113-48)39-25-37-24-38-52(62(93)51(37)76(101)84(39,81)106)63(94)56(74(110-13)70(38)108-11)55-64(95)53-54(67(98)73(55)109-12)65(96)57-58(66(53)97)77(102)85(107)59-72(57)123-82(85,22-15-2)79(69(100)75(59)120-49-27-41(89)61(92)32(6)114-49)122-46-19-17-43(30(4)112-46)118-50-28-44(90)83(105,34(8)87)36(10)116-50/h24,29-32,35-36,39-50,59-61,68-69,71-72,75,78-79,88-94,96-97,99-100,103-107H,14-23,25-28H2,1-13H3/t29-,30-,31+,32+,35+,36+,39?,40-,41-,42+,43+,44-,45+,46+,47+,48+,49+,50+,59?,60+,61+,68?,69?,71?,72?,75?,78?,79?,80-,81?,82?,83-,84?,85?/m1/s1. The van der Waals surface area contributed by atoms with E-state index in [1.165, 1.54) is 33.8 Å². The highest BCUT2D eigenvalue weighted by Gasteiger charge is 2.82. The van der Waals surface area contributed by atoms with Gasteiger partial charge in [-0.05, 0) is 106 Å². The van der Waals surface area contributed by atoms with Gasteiger partial charge in [0, 0.05) is 55.4 Å². The van der Waals surface area contributed by atoms with E-state index in [1.807, 2.05) is 0 Å². The highest BCUT2D eigenvalue weighted by atomic mass is 16.8. The molecule has 0 amide bonds. The van der Waals surface area contributed by atoms with Gasteiger partial charge in [0.05, 0.1) is 151 Å². The van der Waals surface area contributed by atoms with Crippen molar-refractivity contribution in [1.29, 1.82) is 0 Å². The second-order valence-electron chi connectivity index (χ2n) is 35.2. The van der Waals surface area contributed by atoms with Gasteiger partial charge in [-0.2, -0.15) is 0 Å². The topological polar surface area (TPSA) is 574 Å². The highest BCUT2D eigenvalue weighted by Crippen LogP contribution is 2.69. The van der Waals surface area contributed by atoms with E-state index in [2.05, 4.69) is 0 Å². The Hall–Kier alpha value is -6.72. The number of rotatable bonds is 22. The van der Waals surface area contributed by atoms with Gasteiger partial charge in [0.25, 0.3) is 0 Å². The van der Waals surface area contributed by atoms with E-state index in [1.54, 1.807) is 34.6 Å². The van der Waals surface area contributed by atoms with Crippen LogP contribution in [0, 0.1) is 11.8 Å². The molecular formula is C85H112O38. The summed E-state index contributed by atoms with van der Waals surface area (Å²) in [6.45, 7) is 14.7. The first-order chi connectivity index (χ1) is 57.9. The molecule has 38 nitrogen and oxygen atoms in total. The number of Topliss-reactive ketones (excluding diaryl/α,β-unsaturated/α-hetero) is 6. The Kier molecular flexibility index (Phi) is 24.5. The first kappa shape index (κ1) is 91.0. The molecule has 3 aromatic carbocycles. The summed E-state index contributed by atoms with van der Waals surface area (Å²) in [7, 11) is 3.06. The van der Waals surface area contributed by atoms with Crippen LogP contribution >= 0.6 is 0 Å². The molecule has 7 heterocycles. The van der Waals surface area contributed by atoms with E-state index in [4.69, 9.17) is 75.8 Å². The summed E-state index contributed by atoms with van der Waals surface area (Å²) in [5.41, 5.74) is -22.3. The molecule has 16 N–H and O–H groups in total. The number of phenols is 4. The van der Waals surface area contributed by atoms with Crippen LogP contribution in [0.3, 0.4) is 0 Å². The fourth-order valence-corrected chi connectivity index (χ4v) is 21.8. The van der Waals surface area contributed by atoms with Crippen molar-refractivity contribution in [2.24, 2.45) is 11.8 Å². The number of carbonyl (C=O) groups is 6. The van der Waals surface area contributed by atoms with E-state index < -0.39 is 350 Å². The van der Waals surface area contributed by atoms with Crippen LogP contribution < -0.4 is 9.47 Å². The number of benzene rings is 3. The highest BCUT2D eigenvalue weighted by molar-refractivity contribution is 6.43. The molecule has 7 aliphatic heterocycles. The van der Waals surface area contributed by atoms with Crippen molar-refractivity contribution >= 4 is 51.0 Å². The molecule has 13 unspecified atom stereocenters. The fraction of sp³-hybridized carbons (Fsp3) is 0.718. The maximum atomic E-state index is 16.4. The predicted molar refractivity (Wildman–Crippen MR) is 413 cm³/mol. The number of carbonyl (C=O) groups excluding carboxylic acids is 6. The first-order valence-corrected chi connectivity index (χ1v) is 42.1. The van der Waals surface area contributed by atoms with Crippen molar-refractivity contribution in [3.63, 3.8) is 0 Å². The van der Waals surface area contributed by atoms with Gasteiger partial charge >= 0.3 is 0 Å². The van der Waals surface area contributed by atoms with E-state index in [0.29, 0.717) is 0 Å². The molecule has 12 aliphatic rings. The third-order valence-corrected chi connectivity index (χ3v) is 28.3. The lowest BCUT2D eigenvalue weighted by molar-refractivity contribution is -0.358. The summed E-state index contributed by atoms with van der Waals surface area (Å²) in [5.74, 6) is -17.7. The summed E-state index contributed by atoms with van der Waals surface area (Å²) in [6.07, 6.45) is -38.5. The number of aliphatic hydroxyl groups is 12. The molecule has 0 radical (unpaired) electrons. The number of aliphatic hydroxyl groups excluding tert-OH is 7. The average molecular weight is 1740 g/mol. The lowest BCUT2D eigenvalue weighted by Crippen LogP contribution is -2.80. The van der Waals surface area contributed by atoms with Crippen molar-refractivity contribution in [2.45, 2.75) is 353 Å². The van der Waals surface area contributed by atoms with Crippen molar-refractivity contribution in [1.82, 2.24) is 0 Å². The van der Waals surface area contributed by atoms with Crippen LogP contribution in [0.5, 0.6) is 34.5 Å². The number of allylic oxidation sites excluding steroid dienone is 2. The SMILES string of the molecule is CCCC1(O)C(O[C@H]2CC[C@H](O[C@H]3CC[C@@](O)(C(C)=O)[C@H](C)O3)[C@@H](C)O2)C(O)C(O[C@H]2C[C@@H](O)[C@@H](O)[C@H](C)O2)C2Cc3cc4c(OC)c(OC)c(C5=C(OC)C(=O)c6c(O)c7c(c(O)c6C5=O)C(=O)C5(O)C6C7OC5(CCC)C(O[C@H]5CC[C@H](O[C@H]7C[C@@H](O)[C@@](O)(C(C)=O)[C@H](C)O7)[C@@H](C)O5)C(O)C6O[C@H]5C[C@@H](O)[C@@H](O)[C@H](C)O5)c(O)c4c(O)c3C(=O)C21O. The Morgan fingerprint density at radius 1 is 0.496 bits per heavy atom. The molecule has 2 saturated carbocycles. The minimum atomic E-state index is -3.22. The van der Waals surface area contributed by atoms with Gasteiger partial charge < -0.3 is 157 Å². The number of ketones is 6. The first-order valence-electron chi connectivity index (χ1n) is 42.1. The van der Waals surface area contributed by atoms with E-state index >= 15 is 19.2 Å². The molecule has 123 heavy (non-hydrogen) atoms. The molecule has 4 bridgehead atoms. The predicted octanol–water partition coefficient (Wildman–Crippen LogP) is 1.37. The average Bonchev–Trinajstić information content (AvgIpc) is 1.52. The summed E-state index contributed by atoms with van der Waals surface area (Å²) < 4.78 is 100. The molecule has 7 saturated heterocycles. The third-order valence-electron chi connectivity index (χ3n) is 28.3. The van der Waals surface area contributed by atoms with Gasteiger partial charge in [-0.1, -0.05) is 26.7 Å². The van der Waals surface area contributed by atoms with Gasteiger partial charge in [-0.15, -0.1) is 0 Å². The minimum Gasteiger partial charge on any atom is -0.507 e. The van der Waals surface area contributed by atoms with Gasteiger partial charge in [-0.25, -0.2) is 0 Å². The second-order valence-corrected chi connectivity index (χ2v) is 35.2. The number of hydrogen-bond donors (Lipinski definition) is 16. The maximum Gasteiger partial charge on any atom is 0.232 e. The number of ether oxygens (including phenoxy) is 16. The molecule has 3 aromatic rings. The number of phenolic OH excluding ortho intramolecular Hbond substituents is 4. The van der Waals surface area contributed by atoms with E-state index in [-0.39, 0.29) is 75.2 Å². The Balaban J connectivity index is 0.797. The number of aromatic hydroxyl groups is 4. The van der Waals surface area contributed by atoms with Crippen molar-refractivity contribution < 1.29 is 186 Å². The van der Waals surface area contributed by atoms with Crippen LogP contribution in [0.2, 0.25) is 0 Å². The molecule has 34 atom stereocenters. The van der Waals surface area contributed by atoms with Crippen molar-refractivity contribution in [2.75, 3.05) is 21.3 Å².